The number of aryl methyl sites for hydroxylation is 2. The Morgan fingerprint density at radius 2 is 1.72 bits per heavy atom. The summed E-state index contributed by atoms with van der Waals surface area (Å²) < 4.78 is 11.2. The van der Waals surface area contributed by atoms with E-state index in [0.717, 1.165) is 29.8 Å². The van der Waals surface area contributed by atoms with E-state index in [9.17, 15) is 4.79 Å². The van der Waals surface area contributed by atoms with Crippen LogP contribution in [0.1, 0.15) is 37.0 Å². The van der Waals surface area contributed by atoms with Crippen molar-refractivity contribution in [1.82, 2.24) is 0 Å². The van der Waals surface area contributed by atoms with Gasteiger partial charge in [0.15, 0.2) is 11.5 Å². The molecule has 4 nitrogen and oxygen atoms in total. The molecule has 1 amide bonds. The summed E-state index contributed by atoms with van der Waals surface area (Å²) in [6.07, 6.45) is 3.45. The van der Waals surface area contributed by atoms with Crippen LogP contribution >= 0.6 is 0 Å². The molecule has 0 unspecified atom stereocenters. The van der Waals surface area contributed by atoms with Crippen LogP contribution < -0.4 is 14.8 Å². The van der Waals surface area contributed by atoms with Crippen LogP contribution in [0.3, 0.4) is 0 Å². The van der Waals surface area contributed by atoms with E-state index in [-0.39, 0.29) is 5.91 Å². The molecule has 2 aromatic rings. The normalized spacial score (nSPS) is 15.6. The molecule has 2 aliphatic rings. The van der Waals surface area contributed by atoms with Crippen molar-refractivity contribution in [3.05, 3.63) is 53.1 Å². The number of nitrogens with one attached hydrogen (secondary N) is 1. The Hall–Kier alpha value is -2.49. The number of rotatable bonds is 3. The number of ether oxygens (including phenoxy) is 2. The van der Waals surface area contributed by atoms with Gasteiger partial charge in [0.05, 0.1) is 5.41 Å². The summed E-state index contributed by atoms with van der Waals surface area (Å²) in [5, 5.41) is 3.08. The fourth-order valence-electron chi connectivity index (χ4n) is 3.50. The van der Waals surface area contributed by atoms with Gasteiger partial charge in [-0.1, -0.05) is 12.1 Å². The van der Waals surface area contributed by atoms with Crippen molar-refractivity contribution in [1.29, 1.82) is 0 Å². The van der Waals surface area contributed by atoms with Crippen LogP contribution in [-0.2, 0) is 23.1 Å². The molecule has 0 radical (unpaired) electrons. The summed E-state index contributed by atoms with van der Waals surface area (Å²) in [4.78, 5) is 12.9. The van der Waals surface area contributed by atoms with Gasteiger partial charge in [-0.2, -0.15) is 0 Å². The summed E-state index contributed by atoms with van der Waals surface area (Å²) in [7, 11) is 0. The van der Waals surface area contributed by atoms with E-state index < -0.39 is 5.41 Å². The predicted octanol–water partition coefficient (Wildman–Crippen LogP) is 3.86. The van der Waals surface area contributed by atoms with E-state index in [0.29, 0.717) is 19.0 Å². The number of amides is 1. The van der Waals surface area contributed by atoms with Gasteiger partial charge in [0.2, 0.25) is 5.91 Å². The van der Waals surface area contributed by atoms with E-state index in [1.165, 1.54) is 17.5 Å². The second kappa shape index (κ2) is 6.10. The zero-order valence-corrected chi connectivity index (χ0v) is 14.7. The maximum Gasteiger partial charge on any atom is 0.234 e. The number of carbonyl (C=O) groups excluding carboxylic acids is 1. The summed E-state index contributed by atoms with van der Waals surface area (Å²) in [6.45, 7) is 4.97. The molecular formula is C21H23NO3. The smallest absolute Gasteiger partial charge is 0.234 e. The Labute approximate surface area is 148 Å². The van der Waals surface area contributed by atoms with Gasteiger partial charge >= 0.3 is 0 Å². The quantitative estimate of drug-likeness (QED) is 0.925. The third-order valence-corrected chi connectivity index (χ3v) is 5.19. The maximum atomic E-state index is 12.9. The van der Waals surface area contributed by atoms with Gasteiger partial charge in [-0.25, -0.2) is 0 Å². The van der Waals surface area contributed by atoms with Crippen LogP contribution in [0.2, 0.25) is 0 Å². The highest BCUT2D eigenvalue weighted by Crippen LogP contribution is 2.36. The molecule has 1 aliphatic heterocycles. The number of benzene rings is 2. The first-order valence-electron chi connectivity index (χ1n) is 8.87. The fraction of sp³-hybridized carbons (Fsp3) is 0.381. The van der Waals surface area contributed by atoms with Crippen molar-refractivity contribution >= 4 is 11.6 Å². The summed E-state index contributed by atoms with van der Waals surface area (Å²) in [5.41, 5.74) is 3.88. The van der Waals surface area contributed by atoms with Crippen molar-refractivity contribution in [2.45, 2.75) is 38.5 Å². The van der Waals surface area contributed by atoms with Gasteiger partial charge in [0, 0.05) is 5.69 Å². The van der Waals surface area contributed by atoms with Gasteiger partial charge in [0.1, 0.15) is 13.2 Å². The highest BCUT2D eigenvalue weighted by molar-refractivity contribution is 5.98. The molecule has 130 valence electrons. The minimum absolute atomic E-state index is 0.0258. The average Bonchev–Trinajstić information content (AvgIpc) is 3.09. The van der Waals surface area contributed by atoms with Crippen molar-refractivity contribution in [3.8, 4) is 11.5 Å². The summed E-state index contributed by atoms with van der Waals surface area (Å²) >= 11 is 0. The van der Waals surface area contributed by atoms with E-state index in [2.05, 4.69) is 17.4 Å². The highest BCUT2D eigenvalue weighted by atomic mass is 16.6. The molecule has 1 aliphatic carbocycles. The summed E-state index contributed by atoms with van der Waals surface area (Å²) in [5.74, 6) is 1.43. The van der Waals surface area contributed by atoms with Crippen LogP contribution in [0.25, 0.3) is 0 Å². The number of anilines is 1. The molecule has 0 aromatic heterocycles. The van der Waals surface area contributed by atoms with Gasteiger partial charge < -0.3 is 14.8 Å². The number of fused-ring (bicyclic) bond motifs is 2. The number of hydrogen-bond donors (Lipinski definition) is 1. The van der Waals surface area contributed by atoms with Crippen molar-refractivity contribution in [3.63, 3.8) is 0 Å². The molecule has 4 heteroatoms. The van der Waals surface area contributed by atoms with Gasteiger partial charge in [-0.05, 0) is 74.1 Å². The first kappa shape index (κ1) is 16.0. The van der Waals surface area contributed by atoms with Gasteiger partial charge in [0.25, 0.3) is 0 Å². The van der Waals surface area contributed by atoms with Crippen LogP contribution in [0, 0.1) is 0 Å². The SMILES string of the molecule is CC(C)(C(=O)Nc1ccc2c(c1)CCC2)c1ccc2c(c1)OCCO2. The molecule has 0 saturated heterocycles. The van der Waals surface area contributed by atoms with Crippen molar-refractivity contribution in [2.24, 2.45) is 0 Å². The zero-order valence-electron chi connectivity index (χ0n) is 14.7. The third kappa shape index (κ3) is 2.97. The number of carbonyl (C=O) groups is 1. The molecule has 2 aromatic carbocycles. The Balaban J connectivity index is 1.56. The number of hydrogen-bond acceptors (Lipinski definition) is 3. The molecule has 0 saturated carbocycles. The third-order valence-electron chi connectivity index (χ3n) is 5.19. The fourth-order valence-corrected chi connectivity index (χ4v) is 3.50. The Bertz CT molecular complexity index is 826. The largest absolute Gasteiger partial charge is 0.486 e. The van der Waals surface area contributed by atoms with E-state index in [1.54, 1.807) is 0 Å². The predicted molar refractivity (Wildman–Crippen MR) is 97.6 cm³/mol. The highest BCUT2D eigenvalue weighted by Gasteiger charge is 2.31. The van der Waals surface area contributed by atoms with Gasteiger partial charge in [-0.3, -0.25) is 4.79 Å². The Morgan fingerprint density at radius 3 is 2.56 bits per heavy atom. The Kier molecular flexibility index (Phi) is 3.91. The van der Waals surface area contributed by atoms with Crippen LogP contribution in [-0.4, -0.2) is 19.1 Å². The average molecular weight is 337 g/mol. The lowest BCUT2D eigenvalue weighted by molar-refractivity contribution is -0.120. The molecule has 1 N–H and O–H groups in total. The van der Waals surface area contributed by atoms with Crippen molar-refractivity contribution < 1.29 is 14.3 Å². The minimum Gasteiger partial charge on any atom is -0.486 e. The first-order chi connectivity index (χ1) is 12.0. The summed E-state index contributed by atoms with van der Waals surface area (Å²) in [6, 6.07) is 12.0. The van der Waals surface area contributed by atoms with Gasteiger partial charge in [-0.15, -0.1) is 0 Å². The monoisotopic (exact) mass is 337 g/mol. The van der Waals surface area contributed by atoms with E-state index in [4.69, 9.17) is 9.47 Å². The molecule has 4 rings (SSSR count). The molecule has 1 heterocycles. The second-order valence-corrected chi connectivity index (χ2v) is 7.27. The lowest BCUT2D eigenvalue weighted by Gasteiger charge is -2.26. The van der Waals surface area contributed by atoms with Crippen LogP contribution in [0.15, 0.2) is 36.4 Å². The lowest BCUT2D eigenvalue weighted by atomic mass is 9.83. The molecule has 0 spiro atoms. The maximum absolute atomic E-state index is 12.9. The molecule has 0 atom stereocenters. The first-order valence-corrected chi connectivity index (χ1v) is 8.87. The Morgan fingerprint density at radius 1 is 0.960 bits per heavy atom. The molecule has 25 heavy (non-hydrogen) atoms. The standard InChI is InChI=1S/C21H23NO3/c1-21(2,16-7-9-18-19(13-16)25-11-10-24-18)20(23)22-17-8-6-14-4-3-5-15(14)12-17/h6-9,12-13H,3-5,10-11H2,1-2H3,(H,22,23). The molecule has 0 fully saturated rings. The zero-order chi connectivity index (χ0) is 17.4. The minimum atomic E-state index is -0.672. The van der Waals surface area contributed by atoms with E-state index >= 15 is 0 Å². The molecule has 0 bridgehead atoms. The van der Waals surface area contributed by atoms with Crippen molar-refractivity contribution in [2.75, 3.05) is 18.5 Å². The second-order valence-electron chi connectivity index (χ2n) is 7.27. The van der Waals surface area contributed by atoms with Crippen LogP contribution in [0.4, 0.5) is 5.69 Å². The van der Waals surface area contributed by atoms with Crippen LogP contribution in [0.5, 0.6) is 11.5 Å². The lowest BCUT2D eigenvalue weighted by Crippen LogP contribution is -2.35. The topological polar surface area (TPSA) is 47.6 Å². The van der Waals surface area contributed by atoms with E-state index in [1.807, 2.05) is 38.1 Å². The molecular weight excluding hydrogens is 314 g/mol.